The zero-order valence-electron chi connectivity index (χ0n) is 12.8. The van der Waals surface area contributed by atoms with E-state index in [1.54, 1.807) is 36.3 Å². The molecule has 1 aromatic rings. The van der Waals surface area contributed by atoms with Crippen LogP contribution in [0.5, 0.6) is 0 Å². The number of nitrogens with zero attached hydrogens (tertiary/aromatic N) is 3. The van der Waals surface area contributed by atoms with Gasteiger partial charge in [-0.15, -0.1) is 0 Å². The molecule has 2 atom stereocenters. The first-order valence-electron chi connectivity index (χ1n) is 7.59. The van der Waals surface area contributed by atoms with Crippen molar-refractivity contribution in [1.29, 1.82) is 5.26 Å². The van der Waals surface area contributed by atoms with E-state index in [0.29, 0.717) is 25.1 Å². The Balaban J connectivity index is 1.99. The zero-order chi connectivity index (χ0) is 16.4. The van der Waals surface area contributed by atoms with Gasteiger partial charge in [-0.25, -0.2) is 10.0 Å². The Morgan fingerprint density at radius 1 is 1.39 bits per heavy atom. The molecule has 0 aromatic heterocycles. The number of rotatable bonds is 3. The molecule has 3 rings (SSSR count). The van der Waals surface area contributed by atoms with E-state index in [1.807, 2.05) is 17.1 Å². The van der Waals surface area contributed by atoms with Gasteiger partial charge in [0, 0.05) is 19.2 Å². The number of amides is 1. The van der Waals surface area contributed by atoms with Crippen LogP contribution in [0.15, 0.2) is 36.5 Å². The maximum absolute atomic E-state index is 12.3. The molecule has 2 aliphatic rings. The van der Waals surface area contributed by atoms with Gasteiger partial charge in [-0.2, -0.15) is 5.26 Å². The maximum atomic E-state index is 12.3. The predicted molar refractivity (Wildman–Crippen MR) is 81.3 cm³/mol. The highest BCUT2D eigenvalue weighted by atomic mass is 16.5. The lowest BCUT2D eigenvalue weighted by Crippen LogP contribution is -2.45. The first-order chi connectivity index (χ1) is 11.2. The van der Waals surface area contributed by atoms with Gasteiger partial charge in [0.05, 0.1) is 30.2 Å². The fraction of sp³-hybridized carbons (Fsp3) is 0.353. The fourth-order valence-corrected chi connectivity index (χ4v) is 3.06. The lowest BCUT2D eigenvalue weighted by atomic mass is 9.90. The monoisotopic (exact) mass is 311 g/mol. The molecule has 1 saturated heterocycles. The standard InChI is InChI=1S/C17H17N3O3/c1-2-23-17(22)14-7-9-19-15(21)8-10-20(19)16(14)13-5-3-12(11-18)4-6-13/h3-7,9,14,16H,2,8,10H2,1H3/t14-,16+/m0/s1. The zero-order valence-corrected chi connectivity index (χ0v) is 12.8. The minimum atomic E-state index is -0.481. The summed E-state index contributed by atoms with van der Waals surface area (Å²) in [6.07, 6.45) is 3.80. The van der Waals surface area contributed by atoms with E-state index in [2.05, 4.69) is 6.07 Å². The summed E-state index contributed by atoms with van der Waals surface area (Å²) in [6, 6.07) is 8.87. The van der Waals surface area contributed by atoms with Crippen molar-refractivity contribution < 1.29 is 14.3 Å². The summed E-state index contributed by atoms with van der Waals surface area (Å²) in [7, 11) is 0. The third kappa shape index (κ3) is 2.71. The summed E-state index contributed by atoms with van der Waals surface area (Å²) in [6.45, 7) is 2.64. The lowest BCUT2D eigenvalue weighted by Gasteiger charge is -2.39. The van der Waals surface area contributed by atoms with Gasteiger partial charge >= 0.3 is 5.97 Å². The molecule has 0 radical (unpaired) electrons. The van der Waals surface area contributed by atoms with Crippen LogP contribution in [0.4, 0.5) is 0 Å². The first-order valence-corrected chi connectivity index (χ1v) is 7.59. The molecular formula is C17H17N3O3. The van der Waals surface area contributed by atoms with Crippen molar-refractivity contribution in [2.24, 2.45) is 5.92 Å². The van der Waals surface area contributed by atoms with Gasteiger partial charge < -0.3 is 4.74 Å². The number of benzene rings is 1. The highest BCUT2D eigenvalue weighted by Gasteiger charge is 2.43. The summed E-state index contributed by atoms with van der Waals surface area (Å²) < 4.78 is 5.18. The van der Waals surface area contributed by atoms with Gasteiger partial charge in [-0.05, 0) is 24.6 Å². The summed E-state index contributed by atoms with van der Waals surface area (Å²) in [4.78, 5) is 24.3. The highest BCUT2D eigenvalue weighted by Crippen LogP contribution is 2.38. The lowest BCUT2D eigenvalue weighted by molar-refractivity contribution is -0.154. The second-order valence-corrected chi connectivity index (χ2v) is 5.45. The van der Waals surface area contributed by atoms with Crippen molar-refractivity contribution in [3.05, 3.63) is 47.7 Å². The van der Waals surface area contributed by atoms with E-state index < -0.39 is 5.92 Å². The number of esters is 1. The van der Waals surface area contributed by atoms with Gasteiger partial charge in [0.15, 0.2) is 0 Å². The molecule has 0 N–H and O–H groups in total. The normalized spacial score (nSPS) is 23.5. The third-order valence-electron chi connectivity index (χ3n) is 4.12. The number of ether oxygens (including phenoxy) is 1. The molecule has 2 aliphatic heterocycles. The Labute approximate surface area is 134 Å². The van der Waals surface area contributed by atoms with Crippen LogP contribution in [0.2, 0.25) is 0 Å². The van der Waals surface area contributed by atoms with E-state index in [0.717, 1.165) is 5.56 Å². The largest absolute Gasteiger partial charge is 0.465 e. The average Bonchev–Trinajstić information content (AvgIpc) is 2.96. The van der Waals surface area contributed by atoms with Gasteiger partial charge in [0.1, 0.15) is 0 Å². The fourth-order valence-electron chi connectivity index (χ4n) is 3.06. The summed E-state index contributed by atoms with van der Waals surface area (Å²) in [5.41, 5.74) is 1.44. The molecule has 0 aliphatic carbocycles. The van der Waals surface area contributed by atoms with E-state index in [9.17, 15) is 9.59 Å². The Kier molecular flexibility index (Phi) is 4.13. The molecule has 6 heteroatoms. The average molecular weight is 311 g/mol. The number of fused-ring (bicyclic) bond motifs is 1. The number of nitriles is 1. The van der Waals surface area contributed by atoms with Crippen molar-refractivity contribution in [2.45, 2.75) is 19.4 Å². The van der Waals surface area contributed by atoms with Gasteiger partial charge in [-0.1, -0.05) is 18.2 Å². The van der Waals surface area contributed by atoms with Crippen LogP contribution in [0, 0.1) is 17.2 Å². The SMILES string of the molecule is CCOC(=O)[C@H]1C=CN2C(=O)CCN2[C@@H]1c1ccc(C#N)cc1. The number of carbonyl (C=O) groups is 2. The molecule has 0 bridgehead atoms. The minimum absolute atomic E-state index is 0.0159. The predicted octanol–water partition coefficient (Wildman–Crippen LogP) is 1.76. The van der Waals surface area contributed by atoms with E-state index >= 15 is 0 Å². The third-order valence-corrected chi connectivity index (χ3v) is 4.12. The molecular weight excluding hydrogens is 294 g/mol. The number of hydrogen-bond donors (Lipinski definition) is 0. The van der Waals surface area contributed by atoms with Gasteiger partial charge in [0.25, 0.3) is 0 Å². The van der Waals surface area contributed by atoms with E-state index in [4.69, 9.17) is 10.00 Å². The molecule has 1 amide bonds. The summed E-state index contributed by atoms with van der Waals surface area (Å²) in [5, 5.41) is 12.4. The second-order valence-electron chi connectivity index (χ2n) is 5.45. The molecule has 2 heterocycles. The Hall–Kier alpha value is -2.65. The number of carbonyl (C=O) groups excluding carboxylic acids is 2. The van der Waals surface area contributed by atoms with Gasteiger partial charge in [-0.3, -0.25) is 9.59 Å². The van der Waals surface area contributed by atoms with Crippen LogP contribution in [0.1, 0.15) is 30.5 Å². The van der Waals surface area contributed by atoms with Crippen molar-refractivity contribution >= 4 is 11.9 Å². The van der Waals surface area contributed by atoms with Crippen molar-refractivity contribution in [1.82, 2.24) is 10.0 Å². The van der Waals surface area contributed by atoms with Crippen LogP contribution in [0.25, 0.3) is 0 Å². The second kappa shape index (κ2) is 6.23. The first kappa shape index (κ1) is 15.3. The Morgan fingerprint density at radius 2 is 2.13 bits per heavy atom. The van der Waals surface area contributed by atoms with E-state index in [-0.39, 0.29) is 17.9 Å². The summed E-state index contributed by atoms with van der Waals surface area (Å²) >= 11 is 0. The minimum Gasteiger partial charge on any atom is -0.465 e. The molecule has 1 aromatic carbocycles. The Bertz CT molecular complexity index is 690. The highest BCUT2D eigenvalue weighted by molar-refractivity contribution is 5.81. The molecule has 118 valence electrons. The van der Waals surface area contributed by atoms with E-state index in [1.165, 1.54) is 0 Å². The molecule has 0 saturated carbocycles. The van der Waals surface area contributed by atoms with Crippen molar-refractivity contribution in [3.63, 3.8) is 0 Å². The Morgan fingerprint density at radius 3 is 2.78 bits per heavy atom. The van der Waals surface area contributed by atoms with Crippen LogP contribution >= 0.6 is 0 Å². The molecule has 23 heavy (non-hydrogen) atoms. The van der Waals surface area contributed by atoms with Crippen LogP contribution < -0.4 is 0 Å². The summed E-state index contributed by atoms with van der Waals surface area (Å²) in [5.74, 6) is -0.774. The smallest absolute Gasteiger partial charge is 0.314 e. The van der Waals surface area contributed by atoms with Crippen LogP contribution in [0.3, 0.4) is 0 Å². The molecule has 0 unspecified atom stereocenters. The maximum Gasteiger partial charge on any atom is 0.314 e. The topological polar surface area (TPSA) is 73.6 Å². The quantitative estimate of drug-likeness (QED) is 0.795. The van der Waals surface area contributed by atoms with Crippen LogP contribution in [-0.4, -0.2) is 35.0 Å². The van der Waals surface area contributed by atoms with Crippen molar-refractivity contribution in [3.8, 4) is 6.07 Å². The van der Waals surface area contributed by atoms with Crippen molar-refractivity contribution in [2.75, 3.05) is 13.2 Å². The molecule has 6 nitrogen and oxygen atoms in total. The molecule has 1 fully saturated rings. The molecule has 0 spiro atoms. The number of hydrogen-bond acceptors (Lipinski definition) is 5. The van der Waals surface area contributed by atoms with Gasteiger partial charge in [0.2, 0.25) is 5.91 Å². The number of hydrazine groups is 1. The van der Waals surface area contributed by atoms with Crippen LogP contribution in [-0.2, 0) is 14.3 Å².